The van der Waals surface area contributed by atoms with Gasteiger partial charge in [0.1, 0.15) is 11.6 Å². The average molecular weight is 527 g/mol. The van der Waals surface area contributed by atoms with Crippen molar-refractivity contribution in [2.24, 2.45) is 5.92 Å². The monoisotopic (exact) mass is 526 g/mol. The maximum atomic E-state index is 13.7. The van der Waals surface area contributed by atoms with E-state index in [9.17, 15) is 14.0 Å². The summed E-state index contributed by atoms with van der Waals surface area (Å²) in [7, 11) is 0. The zero-order valence-corrected chi connectivity index (χ0v) is 22.7. The highest BCUT2D eigenvalue weighted by Gasteiger charge is 2.26. The van der Waals surface area contributed by atoms with Gasteiger partial charge < -0.3 is 10.2 Å². The van der Waals surface area contributed by atoms with Gasteiger partial charge in [-0.3, -0.25) is 9.59 Å². The Bertz CT molecular complexity index is 1370. The molecular formula is C32H35FN4O2. The van der Waals surface area contributed by atoms with E-state index in [0.29, 0.717) is 36.1 Å². The average Bonchev–Trinajstić information content (AvgIpc) is 3.36. The molecular weight excluding hydrogens is 491 g/mol. The Balaban J connectivity index is 1.60. The summed E-state index contributed by atoms with van der Waals surface area (Å²) in [5.74, 6) is -0.233. The molecule has 39 heavy (non-hydrogen) atoms. The molecule has 6 nitrogen and oxygen atoms in total. The second kappa shape index (κ2) is 13.0. The van der Waals surface area contributed by atoms with Crippen LogP contribution in [-0.2, 0) is 9.59 Å². The molecule has 0 radical (unpaired) electrons. The maximum absolute atomic E-state index is 13.7. The van der Waals surface area contributed by atoms with Crippen LogP contribution in [0.3, 0.4) is 0 Å². The van der Waals surface area contributed by atoms with Gasteiger partial charge in [0.15, 0.2) is 0 Å². The normalized spacial score (nSPS) is 11.8. The fourth-order valence-electron chi connectivity index (χ4n) is 4.49. The van der Waals surface area contributed by atoms with Crippen LogP contribution in [0.25, 0.3) is 16.9 Å². The molecule has 0 aliphatic carbocycles. The van der Waals surface area contributed by atoms with Crippen molar-refractivity contribution in [2.45, 2.75) is 39.5 Å². The molecule has 0 saturated heterocycles. The number of nitrogens with zero attached hydrogens (tertiary/aromatic N) is 3. The number of rotatable bonds is 11. The summed E-state index contributed by atoms with van der Waals surface area (Å²) < 4.78 is 15.2. The standard InChI is InChI=1S/C32H35FN4O2/c1-4-28(24-11-7-5-8-12-24)32(39)36(20-19-23(2)3)22-31(38)34-30-21-29(25-13-9-6-10-14-25)35-37(30)27-17-15-26(33)16-18-27/h5-18,21,23,28H,4,19-20,22H2,1-3H3,(H,34,38). The SMILES string of the molecule is CCC(C(=O)N(CCC(C)C)CC(=O)Nc1cc(-c2ccccc2)nn1-c1ccc(F)cc1)c1ccccc1. The summed E-state index contributed by atoms with van der Waals surface area (Å²) in [6.45, 7) is 6.60. The molecule has 1 unspecified atom stereocenters. The molecule has 1 N–H and O–H groups in total. The van der Waals surface area contributed by atoms with E-state index in [1.54, 1.807) is 27.8 Å². The third-order valence-corrected chi connectivity index (χ3v) is 6.65. The van der Waals surface area contributed by atoms with Crippen LogP contribution in [0.1, 0.15) is 45.1 Å². The molecule has 3 aromatic carbocycles. The third kappa shape index (κ3) is 7.19. The predicted molar refractivity (Wildman–Crippen MR) is 153 cm³/mol. The van der Waals surface area contributed by atoms with Crippen LogP contribution in [0.4, 0.5) is 10.2 Å². The van der Waals surface area contributed by atoms with Crippen molar-refractivity contribution >= 4 is 17.6 Å². The number of amides is 2. The Morgan fingerprint density at radius 1 is 0.949 bits per heavy atom. The molecule has 4 aromatic rings. The van der Waals surface area contributed by atoms with Gasteiger partial charge in [-0.2, -0.15) is 5.10 Å². The van der Waals surface area contributed by atoms with Crippen molar-refractivity contribution in [3.63, 3.8) is 0 Å². The van der Waals surface area contributed by atoms with E-state index in [0.717, 1.165) is 17.5 Å². The minimum absolute atomic E-state index is 0.0588. The number of nitrogens with one attached hydrogen (secondary N) is 1. The Hall–Kier alpha value is -4.26. The third-order valence-electron chi connectivity index (χ3n) is 6.65. The van der Waals surface area contributed by atoms with Gasteiger partial charge in [0, 0.05) is 18.2 Å². The molecule has 202 valence electrons. The Morgan fingerprint density at radius 3 is 2.21 bits per heavy atom. The first-order chi connectivity index (χ1) is 18.9. The number of aromatic nitrogens is 2. The van der Waals surface area contributed by atoms with Gasteiger partial charge in [-0.15, -0.1) is 0 Å². The lowest BCUT2D eigenvalue weighted by Gasteiger charge is -2.27. The van der Waals surface area contributed by atoms with Crippen molar-refractivity contribution in [1.82, 2.24) is 14.7 Å². The van der Waals surface area contributed by atoms with Gasteiger partial charge in [0.2, 0.25) is 11.8 Å². The van der Waals surface area contributed by atoms with Crippen LogP contribution in [-0.4, -0.2) is 39.6 Å². The summed E-state index contributed by atoms with van der Waals surface area (Å²) in [5, 5.41) is 7.64. The molecule has 0 aliphatic heterocycles. The highest BCUT2D eigenvalue weighted by Crippen LogP contribution is 2.26. The molecule has 0 bridgehead atoms. The summed E-state index contributed by atoms with van der Waals surface area (Å²) in [6, 6.07) is 27.0. The topological polar surface area (TPSA) is 67.2 Å². The Morgan fingerprint density at radius 2 is 1.59 bits per heavy atom. The van der Waals surface area contributed by atoms with E-state index < -0.39 is 0 Å². The first-order valence-electron chi connectivity index (χ1n) is 13.4. The summed E-state index contributed by atoms with van der Waals surface area (Å²) in [6.07, 6.45) is 1.43. The van der Waals surface area contributed by atoms with E-state index in [1.165, 1.54) is 12.1 Å². The molecule has 0 aliphatic rings. The van der Waals surface area contributed by atoms with E-state index in [-0.39, 0.29) is 30.1 Å². The lowest BCUT2D eigenvalue weighted by Crippen LogP contribution is -2.41. The number of hydrogen-bond donors (Lipinski definition) is 1. The van der Waals surface area contributed by atoms with Crippen molar-refractivity contribution < 1.29 is 14.0 Å². The summed E-state index contributed by atoms with van der Waals surface area (Å²) in [4.78, 5) is 28.7. The van der Waals surface area contributed by atoms with E-state index in [4.69, 9.17) is 0 Å². The number of hydrogen-bond acceptors (Lipinski definition) is 3. The maximum Gasteiger partial charge on any atom is 0.245 e. The minimum atomic E-state index is -0.358. The van der Waals surface area contributed by atoms with E-state index in [2.05, 4.69) is 24.3 Å². The zero-order chi connectivity index (χ0) is 27.8. The number of halogens is 1. The quantitative estimate of drug-likeness (QED) is 0.237. The van der Waals surface area contributed by atoms with Crippen LogP contribution in [0.5, 0.6) is 0 Å². The van der Waals surface area contributed by atoms with Crippen LogP contribution in [0, 0.1) is 11.7 Å². The predicted octanol–water partition coefficient (Wildman–Crippen LogP) is 6.69. The molecule has 1 atom stereocenters. The molecule has 2 amide bonds. The Labute approximate surface area is 229 Å². The largest absolute Gasteiger partial charge is 0.333 e. The van der Waals surface area contributed by atoms with Gasteiger partial charge in [-0.25, -0.2) is 9.07 Å². The van der Waals surface area contributed by atoms with Crippen molar-refractivity contribution in [3.8, 4) is 16.9 Å². The van der Waals surface area contributed by atoms with E-state index >= 15 is 0 Å². The van der Waals surface area contributed by atoms with E-state index in [1.807, 2.05) is 67.6 Å². The van der Waals surface area contributed by atoms with Crippen LogP contribution in [0.15, 0.2) is 91.0 Å². The second-order valence-electron chi connectivity index (χ2n) is 10.0. The fraction of sp³-hybridized carbons (Fsp3) is 0.281. The van der Waals surface area contributed by atoms with Crippen LogP contribution >= 0.6 is 0 Å². The minimum Gasteiger partial charge on any atom is -0.333 e. The molecule has 0 spiro atoms. The first kappa shape index (κ1) is 27.8. The zero-order valence-electron chi connectivity index (χ0n) is 22.7. The smallest absolute Gasteiger partial charge is 0.245 e. The lowest BCUT2D eigenvalue weighted by molar-refractivity contribution is -0.136. The number of benzene rings is 3. The van der Waals surface area contributed by atoms with Gasteiger partial charge in [-0.1, -0.05) is 81.4 Å². The molecule has 0 fully saturated rings. The first-order valence-corrected chi connectivity index (χ1v) is 13.4. The van der Waals surface area contributed by atoms with Crippen molar-refractivity contribution in [3.05, 3.63) is 102 Å². The van der Waals surface area contributed by atoms with Crippen LogP contribution < -0.4 is 5.32 Å². The lowest BCUT2D eigenvalue weighted by atomic mass is 9.94. The molecule has 7 heteroatoms. The van der Waals surface area contributed by atoms with Crippen molar-refractivity contribution in [2.75, 3.05) is 18.4 Å². The van der Waals surface area contributed by atoms with Crippen molar-refractivity contribution in [1.29, 1.82) is 0 Å². The van der Waals surface area contributed by atoms with Gasteiger partial charge in [-0.05, 0) is 48.6 Å². The highest BCUT2D eigenvalue weighted by molar-refractivity contribution is 5.95. The number of carbonyl (C=O) groups is 2. The van der Waals surface area contributed by atoms with Gasteiger partial charge >= 0.3 is 0 Å². The van der Waals surface area contributed by atoms with Gasteiger partial charge in [0.25, 0.3) is 0 Å². The molecule has 1 aromatic heterocycles. The second-order valence-corrected chi connectivity index (χ2v) is 10.0. The fourth-order valence-corrected chi connectivity index (χ4v) is 4.49. The number of carbonyl (C=O) groups excluding carboxylic acids is 2. The molecule has 1 heterocycles. The van der Waals surface area contributed by atoms with Crippen LogP contribution in [0.2, 0.25) is 0 Å². The summed E-state index contributed by atoms with van der Waals surface area (Å²) >= 11 is 0. The van der Waals surface area contributed by atoms with Gasteiger partial charge in [0.05, 0.1) is 23.8 Å². The summed E-state index contributed by atoms with van der Waals surface area (Å²) in [5.41, 5.74) is 3.10. The number of anilines is 1. The highest BCUT2D eigenvalue weighted by atomic mass is 19.1. The molecule has 0 saturated carbocycles. The Kier molecular flexibility index (Phi) is 9.26. The molecule has 4 rings (SSSR count).